The average Bonchev–Trinajstić information content (AvgIpc) is 2.81. The Morgan fingerprint density at radius 3 is 1.97 bits per heavy atom. The molecule has 0 fully saturated rings. The van der Waals surface area contributed by atoms with E-state index < -0.39 is 59.7 Å². The molecule has 0 saturated heterocycles. The van der Waals surface area contributed by atoms with Crippen LogP contribution in [0.1, 0.15) is 74.1 Å². The van der Waals surface area contributed by atoms with Gasteiger partial charge in [-0.3, -0.25) is 20.4 Å². The SMILES string of the molecule is CCCCOC[C@H](NC(=O)OC(C)(C)C)C(=O)NNC(=O)[C@H](C)NC(=O)N[C@H](C(=O)O)C(C)OCCCC. The lowest BCUT2D eigenvalue weighted by Crippen LogP contribution is -2.59. The lowest BCUT2D eigenvalue weighted by Gasteiger charge is -2.24. The molecule has 14 heteroatoms. The summed E-state index contributed by atoms with van der Waals surface area (Å²) in [6, 6.07) is -4.57. The quantitative estimate of drug-likeness (QED) is 0.122. The van der Waals surface area contributed by atoms with E-state index in [2.05, 4.69) is 26.8 Å². The molecule has 0 aromatic rings. The molecule has 5 amide bonds. The highest BCUT2D eigenvalue weighted by atomic mass is 16.6. The first-order valence-electron chi connectivity index (χ1n) is 12.8. The highest BCUT2D eigenvalue weighted by molar-refractivity contribution is 5.91. The maximum atomic E-state index is 12.6. The summed E-state index contributed by atoms with van der Waals surface area (Å²) >= 11 is 0. The van der Waals surface area contributed by atoms with Crippen LogP contribution in [-0.2, 0) is 28.6 Å². The first-order valence-corrected chi connectivity index (χ1v) is 12.8. The van der Waals surface area contributed by atoms with Crippen LogP contribution in [0.2, 0.25) is 0 Å². The number of ether oxygens (including phenoxy) is 3. The second kappa shape index (κ2) is 18.2. The summed E-state index contributed by atoms with van der Waals surface area (Å²) in [5, 5.41) is 16.4. The molecule has 0 aromatic heterocycles. The normalized spacial score (nSPS) is 14.3. The number of amides is 5. The van der Waals surface area contributed by atoms with Crippen LogP contribution in [0.25, 0.3) is 0 Å². The number of carbonyl (C=O) groups is 5. The Bertz CT molecular complexity index is 773. The van der Waals surface area contributed by atoms with E-state index in [0.717, 1.165) is 25.7 Å². The number of carboxylic acid groups (broad SMARTS) is 1. The molecule has 4 atom stereocenters. The van der Waals surface area contributed by atoms with Crippen LogP contribution in [0.5, 0.6) is 0 Å². The fraction of sp³-hybridized carbons (Fsp3) is 0.792. The van der Waals surface area contributed by atoms with E-state index >= 15 is 0 Å². The number of carbonyl (C=O) groups excluding carboxylic acids is 4. The molecule has 38 heavy (non-hydrogen) atoms. The van der Waals surface area contributed by atoms with Crippen LogP contribution < -0.4 is 26.8 Å². The molecule has 220 valence electrons. The highest BCUT2D eigenvalue weighted by Crippen LogP contribution is 2.07. The minimum atomic E-state index is -1.34. The van der Waals surface area contributed by atoms with Crippen LogP contribution in [0, 0.1) is 0 Å². The van der Waals surface area contributed by atoms with E-state index in [1.54, 1.807) is 20.8 Å². The highest BCUT2D eigenvalue weighted by Gasteiger charge is 2.29. The van der Waals surface area contributed by atoms with Gasteiger partial charge in [-0.05, 0) is 47.5 Å². The van der Waals surface area contributed by atoms with Gasteiger partial charge in [0.2, 0.25) is 0 Å². The smallest absolute Gasteiger partial charge is 0.408 e. The van der Waals surface area contributed by atoms with Gasteiger partial charge in [-0.1, -0.05) is 26.7 Å². The number of alkyl carbamates (subject to hydrolysis) is 1. The van der Waals surface area contributed by atoms with Crippen molar-refractivity contribution in [3.63, 3.8) is 0 Å². The van der Waals surface area contributed by atoms with Gasteiger partial charge in [0.1, 0.15) is 17.7 Å². The number of rotatable bonds is 16. The predicted octanol–water partition coefficient (Wildman–Crippen LogP) is 1.19. The number of hydrazine groups is 1. The Morgan fingerprint density at radius 2 is 1.42 bits per heavy atom. The van der Waals surface area contributed by atoms with Gasteiger partial charge in [-0.25, -0.2) is 14.4 Å². The van der Waals surface area contributed by atoms with Gasteiger partial charge < -0.3 is 35.3 Å². The van der Waals surface area contributed by atoms with E-state index in [1.165, 1.54) is 13.8 Å². The van der Waals surface area contributed by atoms with Crippen molar-refractivity contribution in [1.29, 1.82) is 0 Å². The molecule has 0 aromatic carbocycles. The summed E-state index contributed by atoms with van der Waals surface area (Å²) in [7, 11) is 0. The Balaban J connectivity index is 4.92. The zero-order valence-electron chi connectivity index (χ0n) is 23.5. The molecule has 0 radical (unpaired) electrons. The van der Waals surface area contributed by atoms with Gasteiger partial charge in [-0.15, -0.1) is 0 Å². The van der Waals surface area contributed by atoms with E-state index in [9.17, 15) is 29.1 Å². The third-order valence-electron chi connectivity index (χ3n) is 4.88. The number of unbranched alkanes of at least 4 members (excludes halogenated alkanes) is 2. The lowest BCUT2D eigenvalue weighted by atomic mass is 10.2. The first kappa shape index (κ1) is 34.9. The van der Waals surface area contributed by atoms with Crippen LogP contribution in [0.15, 0.2) is 0 Å². The predicted molar refractivity (Wildman–Crippen MR) is 138 cm³/mol. The molecule has 0 heterocycles. The molecule has 0 aliphatic heterocycles. The van der Waals surface area contributed by atoms with E-state index in [-0.39, 0.29) is 6.61 Å². The third-order valence-corrected chi connectivity index (χ3v) is 4.88. The van der Waals surface area contributed by atoms with E-state index in [4.69, 9.17) is 14.2 Å². The molecule has 0 bridgehead atoms. The molecule has 1 unspecified atom stereocenters. The van der Waals surface area contributed by atoms with Crippen LogP contribution in [-0.4, -0.2) is 84.7 Å². The number of aliphatic carboxylic acids is 1. The van der Waals surface area contributed by atoms with Crippen LogP contribution in [0.3, 0.4) is 0 Å². The topological polar surface area (TPSA) is 193 Å². The Labute approximate surface area is 224 Å². The van der Waals surface area contributed by atoms with Crippen molar-refractivity contribution in [2.45, 2.75) is 104 Å². The van der Waals surface area contributed by atoms with Crippen molar-refractivity contribution in [2.75, 3.05) is 19.8 Å². The molecule has 0 spiro atoms. The Hall–Kier alpha value is -3.13. The molecule has 0 saturated carbocycles. The first-order chi connectivity index (χ1) is 17.7. The number of carboxylic acids is 1. The molecule has 0 aliphatic carbocycles. The summed E-state index contributed by atoms with van der Waals surface area (Å²) in [5.41, 5.74) is 3.54. The average molecular weight is 548 g/mol. The van der Waals surface area contributed by atoms with Gasteiger partial charge in [0.25, 0.3) is 11.8 Å². The van der Waals surface area contributed by atoms with Crippen LogP contribution in [0.4, 0.5) is 9.59 Å². The van der Waals surface area contributed by atoms with E-state index in [1.807, 2.05) is 13.8 Å². The maximum Gasteiger partial charge on any atom is 0.408 e. The van der Waals surface area contributed by atoms with Crippen molar-refractivity contribution >= 4 is 29.9 Å². The van der Waals surface area contributed by atoms with Crippen molar-refractivity contribution in [3.05, 3.63) is 0 Å². The molecule has 14 nitrogen and oxygen atoms in total. The largest absolute Gasteiger partial charge is 0.480 e. The van der Waals surface area contributed by atoms with Gasteiger partial charge in [0.05, 0.1) is 12.7 Å². The standard InChI is InChI=1S/C24H45N5O9/c1-8-10-12-36-14-17(26-23(35)38-24(5,6)7)20(31)29-28-19(30)15(3)25-22(34)27-18(21(32)33)16(4)37-13-11-9-2/h15-18H,8-14H2,1-7H3,(H,26,35)(H,28,30)(H,29,31)(H,32,33)(H2,25,27,34)/t15-,16?,17-,18-/m0/s1. The number of hydrogen-bond donors (Lipinski definition) is 6. The van der Waals surface area contributed by atoms with E-state index in [0.29, 0.717) is 13.2 Å². The minimum Gasteiger partial charge on any atom is -0.480 e. The van der Waals surface area contributed by atoms with Gasteiger partial charge >= 0.3 is 18.1 Å². The molecular formula is C24H45N5O9. The second-order valence-electron chi connectivity index (χ2n) is 9.69. The summed E-state index contributed by atoms with van der Waals surface area (Å²) in [6.07, 6.45) is 1.60. The van der Waals surface area contributed by atoms with Crippen molar-refractivity contribution in [2.24, 2.45) is 0 Å². The molecule has 6 N–H and O–H groups in total. The molecule has 0 rings (SSSR count). The summed E-state index contributed by atoms with van der Waals surface area (Å²) < 4.78 is 16.0. The molecule has 0 aliphatic rings. The zero-order chi connectivity index (χ0) is 29.3. The monoisotopic (exact) mass is 547 g/mol. The van der Waals surface area contributed by atoms with Crippen molar-refractivity contribution in [3.8, 4) is 0 Å². The second-order valence-corrected chi connectivity index (χ2v) is 9.69. The maximum absolute atomic E-state index is 12.6. The third kappa shape index (κ3) is 15.9. The fourth-order valence-electron chi connectivity index (χ4n) is 2.73. The van der Waals surface area contributed by atoms with Crippen molar-refractivity contribution in [1.82, 2.24) is 26.8 Å². The van der Waals surface area contributed by atoms with Gasteiger partial charge in [-0.2, -0.15) is 0 Å². The molecular weight excluding hydrogens is 502 g/mol. The number of urea groups is 1. The zero-order valence-corrected chi connectivity index (χ0v) is 23.5. The summed E-state index contributed by atoms with van der Waals surface area (Å²) in [4.78, 5) is 60.9. The number of nitrogens with one attached hydrogen (secondary N) is 5. The number of hydrogen-bond acceptors (Lipinski definition) is 8. The Kier molecular flexibility index (Phi) is 16.7. The summed E-state index contributed by atoms with van der Waals surface area (Å²) in [5.74, 6) is -2.87. The summed E-state index contributed by atoms with van der Waals surface area (Å²) in [6.45, 7) is 12.4. The van der Waals surface area contributed by atoms with Gasteiger partial charge in [0.15, 0.2) is 6.04 Å². The van der Waals surface area contributed by atoms with Crippen molar-refractivity contribution < 1.29 is 43.3 Å². The van der Waals surface area contributed by atoms with Crippen LogP contribution >= 0.6 is 0 Å². The lowest BCUT2D eigenvalue weighted by molar-refractivity contribution is -0.143. The minimum absolute atomic E-state index is 0.160. The fourth-order valence-corrected chi connectivity index (χ4v) is 2.73. The Morgan fingerprint density at radius 1 is 0.842 bits per heavy atom. The van der Waals surface area contributed by atoms with Gasteiger partial charge in [0, 0.05) is 13.2 Å².